The van der Waals surface area contributed by atoms with Crippen molar-refractivity contribution in [1.29, 1.82) is 0 Å². The van der Waals surface area contributed by atoms with Crippen LogP contribution in [0.4, 0.5) is 0 Å². The first-order valence-electron chi connectivity index (χ1n) is 22.4. The highest BCUT2D eigenvalue weighted by Crippen LogP contribution is 2.25. The molecule has 0 aromatic heterocycles. The summed E-state index contributed by atoms with van der Waals surface area (Å²) in [7, 11) is -5.14. The van der Waals surface area contributed by atoms with E-state index in [1.54, 1.807) is 41.5 Å². The fourth-order valence-corrected chi connectivity index (χ4v) is 7.94. The van der Waals surface area contributed by atoms with Gasteiger partial charge in [0.25, 0.3) is 5.91 Å². The first-order chi connectivity index (χ1) is 31.9. The van der Waals surface area contributed by atoms with Crippen molar-refractivity contribution in [3.8, 4) is 5.75 Å². The number of benzene rings is 1. The third-order valence-corrected chi connectivity index (χ3v) is 12.0. The molecular formula is C42H67N11O14S. The summed E-state index contributed by atoms with van der Waals surface area (Å²) in [6.45, 7) is 8.01. The van der Waals surface area contributed by atoms with Gasteiger partial charge in [-0.25, -0.2) is 4.18 Å². The topological polar surface area (TPSA) is 392 Å². The van der Waals surface area contributed by atoms with Crippen LogP contribution in [0.5, 0.6) is 5.75 Å². The zero-order valence-corrected chi connectivity index (χ0v) is 39.8. The van der Waals surface area contributed by atoms with E-state index in [1.165, 1.54) is 24.3 Å². The molecule has 2 aliphatic heterocycles. The van der Waals surface area contributed by atoms with E-state index in [0.29, 0.717) is 12.8 Å². The predicted molar refractivity (Wildman–Crippen MR) is 244 cm³/mol. The largest absolute Gasteiger partial charge is 0.508 e. The number of nitrogens with one attached hydrogen (secondary N) is 7. The van der Waals surface area contributed by atoms with Gasteiger partial charge in [0.1, 0.15) is 48.0 Å². The van der Waals surface area contributed by atoms with Crippen LogP contribution in [0.1, 0.15) is 90.4 Å². The minimum atomic E-state index is -5.14. The summed E-state index contributed by atoms with van der Waals surface area (Å²) >= 11 is 0. The van der Waals surface area contributed by atoms with Crippen LogP contribution in [0.3, 0.4) is 0 Å². The number of nitrogens with two attached hydrogens (primary N) is 2. The summed E-state index contributed by atoms with van der Waals surface area (Å²) in [5.74, 6) is -9.38. The second-order valence-electron chi connectivity index (χ2n) is 17.5. The van der Waals surface area contributed by atoms with Gasteiger partial charge in [0.05, 0.1) is 12.7 Å². The Morgan fingerprint density at radius 1 is 0.779 bits per heavy atom. The highest BCUT2D eigenvalue weighted by Gasteiger charge is 2.46. The van der Waals surface area contributed by atoms with Crippen molar-refractivity contribution in [2.45, 2.75) is 128 Å². The van der Waals surface area contributed by atoms with Gasteiger partial charge >= 0.3 is 10.4 Å². The van der Waals surface area contributed by atoms with Crippen molar-refractivity contribution >= 4 is 63.6 Å². The monoisotopic (exact) mass is 981 g/mol. The van der Waals surface area contributed by atoms with Gasteiger partial charge in [0.2, 0.25) is 41.4 Å². The average molecular weight is 982 g/mol. The van der Waals surface area contributed by atoms with Gasteiger partial charge in [-0.3, -0.25) is 47.9 Å². The minimum Gasteiger partial charge on any atom is -0.508 e. The molecule has 2 aliphatic rings. The fourth-order valence-electron chi connectivity index (χ4n) is 7.46. The summed E-state index contributed by atoms with van der Waals surface area (Å²) in [4.78, 5) is 117. The van der Waals surface area contributed by atoms with Crippen LogP contribution in [0.25, 0.3) is 0 Å². The van der Waals surface area contributed by atoms with Crippen molar-refractivity contribution < 1.29 is 65.7 Å². The molecule has 1 aromatic rings. The maximum atomic E-state index is 14.6. The molecule has 380 valence electrons. The summed E-state index contributed by atoms with van der Waals surface area (Å²) in [6.07, 6.45) is -1.43. The number of hydrogen-bond donors (Lipinski definition) is 12. The third-order valence-electron chi connectivity index (χ3n) is 11.5. The zero-order chi connectivity index (χ0) is 51.0. The van der Waals surface area contributed by atoms with Crippen LogP contribution in [-0.4, -0.2) is 156 Å². The summed E-state index contributed by atoms with van der Waals surface area (Å²) in [5, 5.41) is 37.9. The molecule has 26 heteroatoms. The van der Waals surface area contributed by atoms with E-state index in [-0.39, 0.29) is 49.6 Å². The molecule has 3 rings (SSSR count). The van der Waals surface area contributed by atoms with Crippen LogP contribution in [0, 0.1) is 17.8 Å². The van der Waals surface area contributed by atoms with E-state index >= 15 is 0 Å². The Hall–Kier alpha value is -6.12. The highest BCUT2D eigenvalue weighted by molar-refractivity contribution is 7.80. The van der Waals surface area contributed by atoms with E-state index < -0.39 is 143 Å². The van der Waals surface area contributed by atoms with Gasteiger partial charge in [0, 0.05) is 31.6 Å². The van der Waals surface area contributed by atoms with Crippen LogP contribution < -0.4 is 48.7 Å². The number of carbonyl (C=O) groups is 8. The lowest BCUT2D eigenvalue weighted by Crippen LogP contribution is -2.62. The normalized spacial score (nSPS) is 25.4. The standard InChI is InChI=1S/C42H67N11O14S/c1-7-23(6)33-40(62)48-27(10-8-9-16-46-42(43)44)35(57)51-32(22(4)5)41(63)53-19-26(67-68(64,65)66)18-30(53)38(60)47-28(15-17-45-34(56)24-11-13-25(55)14-12-24)36(58)50-31(21(2)3)39(61)49-29(20-54)37(59)52-33/h11-14,21-23,26-33,54-55H,7-10,15-20H2,1-6H3,(H,45,56)(H,47,60)(H,48,62)(H,49,61)(H,50,58)(H,51,57)(H,52,59)(H4,43,44,46)(H,64,65,66)/t23-,26-,27-,28+,29+,30+,31-,32+,33-/m1/s1. The van der Waals surface area contributed by atoms with Crippen LogP contribution in [0.2, 0.25) is 0 Å². The SMILES string of the molecule is CC[C@@H](C)[C@H]1NC(=O)[C@H](CO)NC(=O)[C@@H](C(C)C)NC(=O)[C@H](CCNC(=O)c2ccc(O)cc2)NC(=O)[C@@H]2C[C@@H](OS(=O)(=O)O)CN2C(=O)[C@H](C(C)C)NC(=O)[C@@H](CCCCN=C(N)N)NC1=O. The Labute approximate surface area is 395 Å². The van der Waals surface area contributed by atoms with Gasteiger partial charge < -0.3 is 63.8 Å². The predicted octanol–water partition coefficient (Wildman–Crippen LogP) is -2.98. The number of phenols is 1. The Kier molecular flexibility index (Phi) is 21.4. The number of fused-ring (bicyclic) bond motifs is 1. The smallest absolute Gasteiger partial charge is 0.397 e. The lowest BCUT2D eigenvalue weighted by atomic mass is 9.96. The Morgan fingerprint density at radius 2 is 1.31 bits per heavy atom. The molecular weight excluding hydrogens is 915 g/mol. The average Bonchev–Trinajstić information content (AvgIpc) is 3.68. The molecule has 0 bridgehead atoms. The number of aromatic hydroxyl groups is 1. The zero-order valence-electron chi connectivity index (χ0n) is 39.0. The molecule has 1 aromatic carbocycles. The second kappa shape index (κ2) is 25.9. The van der Waals surface area contributed by atoms with E-state index in [1.807, 2.05) is 0 Å². The van der Waals surface area contributed by atoms with E-state index in [2.05, 4.69) is 42.2 Å². The summed E-state index contributed by atoms with van der Waals surface area (Å²) < 4.78 is 38.2. The van der Waals surface area contributed by atoms with Gasteiger partial charge in [-0.2, -0.15) is 8.42 Å². The first-order valence-corrected chi connectivity index (χ1v) is 23.8. The number of aliphatic hydroxyl groups is 1. The van der Waals surface area contributed by atoms with Crippen LogP contribution >= 0.6 is 0 Å². The Morgan fingerprint density at radius 3 is 1.87 bits per heavy atom. The van der Waals surface area contributed by atoms with Crippen molar-refractivity contribution in [3.05, 3.63) is 29.8 Å². The van der Waals surface area contributed by atoms with Crippen LogP contribution in [0.15, 0.2) is 29.3 Å². The maximum absolute atomic E-state index is 14.6. The fraction of sp³-hybridized carbons (Fsp3) is 0.643. The van der Waals surface area contributed by atoms with Crippen molar-refractivity contribution in [2.75, 3.05) is 26.2 Å². The number of hydrogen-bond acceptors (Lipinski definition) is 14. The van der Waals surface area contributed by atoms with Crippen LogP contribution in [-0.2, 0) is 48.1 Å². The van der Waals surface area contributed by atoms with E-state index in [0.717, 1.165) is 4.90 Å². The number of carbonyl (C=O) groups excluding carboxylic acids is 8. The third kappa shape index (κ3) is 16.9. The maximum Gasteiger partial charge on any atom is 0.397 e. The van der Waals surface area contributed by atoms with Crippen molar-refractivity contribution in [3.63, 3.8) is 0 Å². The molecule has 2 fully saturated rings. The number of guanidine groups is 1. The lowest BCUT2D eigenvalue weighted by molar-refractivity contribution is -0.143. The molecule has 8 amide bonds. The number of aliphatic imine (C=N–C) groups is 1. The molecule has 0 radical (unpaired) electrons. The van der Waals surface area contributed by atoms with Crippen molar-refractivity contribution in [1.82, 2.24) is 42.1 Å². The molecule has 9 atom stereocenters. The molecule has 14 N–H and O–H groups in total. The highest BCUT2D eigenvalue weighted by atomic mass is 32.3. The summed E-state index contributed by atoms with van der Waals surface area (Å²) in [5.41, 5.74) is 11.0. The molecule has 0 unspecified atom stereocenters. The number of aliphatic hydroxyl groups excluding tert-OH is 1. The van der Waals surface area contributed by atoms with E-state index in [9.17, 15) is 61.5 Å². The minimum absolute atomic E-state index is 0.0273. The van der Waals surface area contributed by atoms with Gasteiger partial charge in [-0.05, 0) is 67.7 Å². The lowest BCUT2D eigenvalue weighted by Gasteiger charge is -2.32. The quantitative estimate of drug-likeness (QED) is 0.0340. The van der Waals surface area contributed by atoms with E-state index in [4.69, 9.17) is 15.7 Å². The number of amides is 8. The second-order valence-corrected chi connectivity index (χ2v) is 18.5. The molecule has 0 saturated carbocycles. The first kappa shape index (κ1) is 56.2. The van der Waals surface area contributed by atoms with Gasteiger partial charge in [-0.1, -0.05) is 48.0 Å². The number of rotatable bonds is 16. The molecule has 25 nitrogen and oxygen atoms in total. The Bertz CT molecular complexity index is 2100. The Balaban J connectivity index is 2.17. The van der Waals surface area contributed by atoms with Crippen molar-refractivity contribution in [2.24, 2.45) is 34.2 Å². The number of phenolic OH excluding ortho intramolecular Hbond substituents is 1. The molecule has 2 saturated heterocycles. The number of nitrogens with zero attached hydrogens (tertiary/aromatic N) is 2. The molecule has 68 heavy (non-hydrogen) atoms. The van der Waals surface area contributed by atoms with Gasteiger partial charge in [-0.15, -0.1) is 0 Å². The molecule has 2 heterocycles. The van der Waals surface area contributed by atoms with Gasteiger partial charge in [0.15, 0.2) is 5.96 Å². The molecule has 0 aliphatic carbocycles. The number of unbranched alkanes of at least 4 members (excludes halogenated alkanes) is 1. The summed E-state index contributed by atoms with van der Waals surface area (Å²) in [6, 6.07) is -5.14. The molecule has 0 spiro atoms.